The summed E-state index contributed by atoms with van der Waals surface area (Å²) in [5.74, 6) is 1.42. The Kier molecular flexibility index (Phi) is 5.87. The van der Waals surface area contributed by atoms with Crippen molar-refractivity contribution in [2.45, 2.75) is 24.6 Å². The largest absolute Gasteiger partial charge is 0.497 e. The minimum Gasteiger partial charge on any atom is -0.497 e. The Morgan fingerprint density at radius 3 is 2.72 bits per heavy atom. The SMILES string of the molecule is COc1ccc(NC(=O)c2nnc(CSCC(=O)NC3CC3)s2)cc1. The van der Waals surface area contributed by atoms with Gasteiger partial charge in [0.25, 0.3) is 5.91 Å². The number of carbonyl (C=O) groups excluding carboxylic acids is 2. The van der Waals surface area contributed by atoms with Gasteiger partial charge in [-0.05, 0) is 37.1 Å². The third-order valence-corrected chi connectivity index (χ3v) is 5.46. The lowest BCUT2D eigenvalue weighted by atomic mass is 10.3. The van der Waals surface area contributed by atoms with Crippen LogP contribution in [0.1, 0.15) is 27.7 Å². The van der Waals surface area contributed by atoms with E-state index in [4.69, 9.17) is 4.74 Å². The fourth-order valence-corrected chi connectivity index (χ4v) is 3.61. The van der Waals surface area contributed by atoms with Crippen LogP contribution in [0.4, 0.5) is 5.69 Å². The van der Waals surface area contributed by atoms with Crippen LogP contribution in [0.15, 0.2) is 24.3 Å². The average molecular weight is 378 g/mol. The van der Waals surface area contributed by atoms with Crippen LogP contribution in [-0.4, -0.2) is 40.9 Å². The molecular formula is C16H18N4O3S2. The molecule has 0 atom stereocenters. The molecule has 1 aliphatic carbocycles. The fourth-order valence-electron chi connectivity index (χ4n) is 1.99. The van der Waals surface area contributed by atoms with E-state index in [9.17, 15) is 9.59 Å². The summed E-state index contributed by atoms with van der Waals surface area (Å²) >= 11 is 2.70. The van der Waals surface area contributed by atoms with Crippen LogP contribution >= 0.6 is 23.1 Å². The number of nitrogens with zero attached hydrogens (tertiary/aromatic N) is 2. The van der Waals surface area contributed by atoms with Crippen molar-refractivity contribution in [3.05, 3.63) is 34.3 Å². The molecule has 1 aliphatic rings. The van der Waals surface area contributed by atoms with Crippen LogP contribution in [0.5, 0.6) is 5.75 Å². The Balaban J connectivity index is 1.46. The second kappa shape index (κ2) is 8.30. The number of amides is 2. The molecule has 9 heteroatoms. The highest BCUT2D eigenvalue weighted by Crippen LogP contribution is 2.21. The van der Waals surface area contributed by atoms with Gasteiger partial charge in [-0.3, -0.25) is 9.59 Å². The van der Waals surface area contributed by atoms with E-state index in [1.807, 2.05) is 0 Å². The Bertz CT molecular complexity index is 744. The van der Waals surface area contributed by atoms with Crippen molar-refractivity contribution in [2.75, 3.05) is 18.2 Å². The maximum absolute atomic E-state index is 12.2. The number of ether oxygens (including phenoxy) is 1. The molecule has 1 fully saturated rings. The summed E-state index contributed by atoms with van der Waals surface area (Å²) in [5.41, 5.74) is 0.661. The van der Waals surface area contributed by atoms with Crippen LogP contribution in [0.2, 0.25) is 0 Å². The van der Waals surface area contributed by atoms with E-state index in [-0.39, 0.29) is 11.8 Å². The maximum Gasteiger partial charge on any atom is 0.286 e. The molecule has 1 heterocycles. The number of rotatable bonds is 8. The third kappa shape index (κ3) is 5.43. The van der Waals surface area contributed by atoms with Gasteiger partial charge < -0.3 is 15.4 Å². The highest BCUT2D eigenvalue weighted by molar-refractivity contribution is 7.99. The molecule has 2 N–H and O–H groups in total. The molecule has 25 heavy (non-hydrogen) atoms. The summed E-state index contributed by atoms with van der Waals surface area (Å²) in [6.07, 6.45) is 2.17. The molecule has 1 saturated carbocycles. The smallest absolute Gasteiger partial charge is 0.286 e. The standard InChI is InChI=1S/C16H18N4O3S2/c1-23-12-6-4-11(5-7-12)18-15(22)16-20-19-14(25-16)9-24-8-13(21)17-10-2-3-10/h4-7,10H,2-3,8-9H2,1H3,(H,17,21)(H,18,22). The molecule has 0 aliphatic heterocycles. The first-order valence-corrected chi connectivity index (χ1v) is 9.76. The molecular weight excluding hydrogens is 360 g/mol. The lowest BCUT2D eigenvalue weighted by Crippen LogP contribution is -2.27. The molecule has 1 aromatic heterocycles. The summed E-state index contributed by atoms with van der Waals surface area (Å²) in [6, 6.07) is 7.43. The quantitative estimate of drug-likeness (QED) is 0.732. The molecule has 0 radical (unpaired) electrons. The van der Waals surface area contributed by atoms with Crippen LogP contribution in [0.25, 0.3) is 0 Å². The molecule has 132 valence electrons. The van der Waals surface area contributed by atoms with Gasteiger partial charge in [0.1, 0.15) is 10.8 Å². The zero-order valence-corrected chi connectivity index (χ0v) is 15.3. The molecule has 2 amide bonds. The summed E-state index contributed by atoms with van der Waals surface area (Å²) in [7, 11) is 1.59. The lowest BCUT2D eigenvalue weighted by molar-refractivity contribution is -0.118. The average Bonchev–Trinajstić information content (AvgIpc) is 3.29. The van der Waals surface area contributed by atoms with Crippen LogP contribution in [-0.2, 0) is 10.5 Å². The van der Waals surface area contributed by atoms with Gasteiger partial charge in [0.2, 0.25) is 10.9 Å². The van der Waals surface area contributed by atoms with E-state index in [1.54, 1.807) is 31.4 Å². The van der Waals surface area contributed by atoms with Crippen molar-refractivity contribution in [3.8, 4) is 5.75 Å². The molecule has 0 unspecified atom stereocenters. The van der Waals surface area contributed by atoms with E-state index in [1.165, 1.54) is 23.1 Å². The Labute approximate surface area is 153 Å². The van der Waals surface area contributed by atoms with Gasteiger partial charge >= 0.3 is 0 Å². The van der Waals surface area contributed by atoms with Gasteiger partial charge in [0.05, 0.1) is 12.9 Å². The number of hydrogen-bond acceptors (Lipinski definition) is 7. The zero-order valence-electron chi connectivity index (χ0n) is 13.7. The van der Waals surface area contributed by atoms with Gasteiger partial charge in [-0.15, -0.1) is 22.0 Å². The second-order valence-corrected chi connectivity index (χ2v) is 7.57. The van der Waals surface area contributed by atoms with Gasteiger partial charge in [0.15, 0.2) is 0 Å². The summed E-state index contributed by atoms with van der Waals surface area (Å²) in [5, 5.41) is 14.7. The fraction of sp³-hybridized carbons (Fsp3) is 0.375. The normalized spacial score (nSPS) is 13.3. The van der Waals surface area contributed by atoms with Crippen molar-refractivity contribution in [3.63, 3.8) is 0 Å². The summed E-state index contributed by atoms with van der Waals surface area (Å²) in [6.45, 7) is 0. The van der Waals surface area contributed by atoms with E-state index < -0.39 is 0 Å². The third-order valence-electron chi connectivity index (χ3n) is 3.41. The first-order chi connectivity index (χ1) is 12.1. The monoisotopic (exact) mass is 378 g/mol. The molecule has 0 saturated heterocycles. The summed E-state index contributed by atoms with van der Waals surface area (Å²) in [4.78, 5) is 23.8. The van der Waals surface area contributed by atoms with Crippen LogP contribution < -0.4 is 15.4 Å². The van der Waals surface area contributed by atoms with Gasteiger partial charge in [-0.25, -0.2) is 0 Å². The predicted octanol–water partition coefficient (Wildman–Crippen LogP) is 2.31. The topological polar surface area (TPSA) is 93.2 Å². The van der Waals surface area contributed by atoms with E-state index in [0.717, 1.165) is 23.6 Å². The van der Waals surface area contributed by atoms with E-state index in [0.29, 0.717) is 28.2 Å². The molecule has 7 nitrogen and oxygen atoms in total. The Morgan fingerprint density at radius 1 is 1.28 bits per heavy atom. The van der Waals surface area contributed by atoms with Crippen molar-refractivity contribution < 1.29 is 14.3 Å². The molecule has 3 rings (SSSR count). The number of methoxy groups -OCH3 is 1. The number of thioether (sulfide) groups is 1. The maximum atomic E-state index is 12.2. The minimum atomic E-state index is -0.301. The highest BCUT2D eigenvalue weighted by Gasteiger charge is 2.23. The summed E-state index contributed by atoms with van der Waals surface area (Å²) < 4.78 is 5.08. The van der Waals surface area contributed by atoms with Crippen molar-refractivity contribution in [2.24, 2.45) is 0 Å². The number of aromatic nitrogens is 2. The first kappa shape index (κ1) is 17.7. The number of benzene rings is 1. The van der Waals surface area contributed by atoms with Crippen LogP contribution in [0, 0.1) is 0 Å². The highest BCUT2D eigenvalue weighted by atomic mass is 32.2. The van der Waals surface area contributed by atoms with Crippen molar-refractivity contribution in [1.29, 1.82) is 0 Å². The van der Waals surface area contributed by atoms with Gasteiger partial charge in [-0.2, -0.15) is 0 Å². The van der Waals surface area contributed by atoms with E-state index in [2.05, 4.69) is 20.8 Å². The van der Waals surface area contributed by atoms with Gasteiger partial charge in [-0.1, -0.05) is 11.3 Å². The number of carbonyl (C=O) groups is 2. The predicted molar refractivity (Wildman–Crippen MR) is 98.2 cm³/mol. The van der Waals surface area contributed by atoms with E-state index >= 15 is 0 Å². The number of nitrogens with one attached hydrogen (secondary N) is 2. The van der Waals surface area contributed by atoms with Crippen molar-refractivity contribution in [1.82, 2.24) is 15.5 Å². The Hall–Kier alpha value is -2.13. The van der Waals surface area contributed by atoms with Crippen molar-refractivity contribution >= 4 is 40.6 Å². The minimum absolute atomic E-state index is 0.0505. The number of hydrogen-bond donors (Lipinski definition) is 2. The molecule has 2 aromatic rings. The molecule has 1 aromatic carbocycles. The zero-order chi connectivity index (χ0) is 17.6. The molecule has 0 bridgehead atoms. The number of anilines is 1. The lowest BCUT2D eigenvalue weighted by Gasteiger charge is -2.04. The second-order valence-electron chi connectivity index (χ2n) is 5.52. The Morgan fingerprint density at radius 2 is 2.04 bits per heavy atom. The first-order valence-electron chi connectivity index (χ1n) is 7.79. The van der Waals surface area contributed by atoms with Gasteiger partial charge in [0, 0.05) is 17.5 Å². The van der Waals surface area contributed by atoms with Crippen LogP contribution in [0.3, 0.4) is 0 Å². The molecule has 0 spiro atoms.